The molecule has 18 heteroatoms. The van der Waals surface area contributed by atoms with E-state index in [1.807, 2.05) is 0 Å². The molecule has 4 rings (SSSR count). The first-order valence-electron chi connectivity index (χ1n) is 10.7. The van der Waals surface area contributed by atoms with Gasteiger partial charge in [-0.25, -0.2) is 18.3 Å². The fraction of sp³-hybridized carbons (Fsp3) is 0.182. The minimum Gasteiger partial charge on any atom is -0.444 e. The quantitative estimate of drug-likeness (QED) is 0.266. The molecule has 1 fully saturated rings. The smallest absolute Gasteiger partial charge is 0.413 e. The molecule has 214 valence electrons. The molecular weight excluding hydrogens is 618 g/mol. The third-order valence-corrected chi connectivity index (χ3v) is 7.55. The van der Waals surface area contributed by atoms with E-state index in [9.17, 15) is 43.1 Å². The zero-order valence-electron chi connectivity index (χ0n) is 19.5. The lowest BCUT2D eigenvalue weighted by Gasteiger charge is -2.40. The molecule has 1 heterocycles. The van der Waals surface area contributed by atoms with Gasteiger partial charge in [-0.1, -0.05) is 42.6 Å². The van der Waals surface area contributed by atoms with Crippen molar-refractivity contribution < 1.29 is 42.5 Å². The summed E-state index contributed by atoms with van der Waals surface area (Å²) in [6.45, 7) is -0.670. The van der Waals surface area contributed by atoms with Crippen LogP contribution in [0.25, 0.3) is 5.69 Å². The first-order chi connectivity index (χ1) is 18.3. The first-order valence-corrected chi connectivity index (χ1v) is 13.4. The molecule has 2 aromatic carbocycles. The van der Waals surface area contributed by atoms with E-state index in [1.54, 1.807) is 6.07 Å². The number of halogens is 9. The van der Waals surface area contributed by atoms with Crippen molar-refractivity contribution in [2.24, 2.45) is 5.73 Å². The van der Waals surface area contributed by atoms with E-state index in [0.717, 1.165) is 12.1 Å². The van der Waals surface area contributed by atoms with Gasteiger partial charge in [0.25, 0.3) is 0 Å². The lowest BCUT2D eigenvalue weighted by Crippen LogP contribution is -2.30. The van der Waals surface area contributed by atoms with E-state index in [1.165, 1.54) is 0 Å². The van der Waals surface area contributed by atoms with Crippen LogP contribution in [-0.4, -0.2) is 21.8 Å². The van der Waals surface area contributed by atoms with Crippen molar-refractivity contribution in [1.82, 2.24) is 9.78 Å². The van der Waals surface area contributed by atoms with Crippen LogP contribution in [0, 0.1) is 23.0 Å². The standard InChI is InChI=1S/C22H14Cl2F7N5O3S/c23-14-6-13(40(27,28,29,30)31)7-15(24)18(14)36-19(17(16(8-32)35-36)22(1-2-22)20(33)37)34-21(38)39-9-10-3-11(25)5-12(26)4-10/h3-7H,1-2,9H2,(H2,33,37)(H,34,38). The highest BCUT2D eigenvalue weighted by atomic mass is 35.5. The molecule has 2 amide bonds. The molecule has 0 unspecified atom stereocenters. The van der Waals surface area contributed by atoms with Crippen LogP contribution in [0.5, 0.6) is 0 Å². The van der Waals surface area contributed by atoms with Crippen molar-refractivity contribution in [3.05, 3.63) is 68.8 Å². The van der Waals surface area contributed by atoms with Crippen LogP contribution in [0.2, 0.25) is 10.0 Å². The lowest BCUT2D eigenvalue weighted by molar-refractivity contribution is -0.120. The second-order valence-corrected chi connectivity index (χ2v) is 11.9. The summed E-state index contributed by atoms with van der Waals surface area (Å²) in [7, 11) is -10.2. The Balaban J connectivity index is 1.83. The number of ether oxygens (including phenoxy) is 1. The van der Waals surface area contributed by atoms with Gasteiger partial charge in [-0.3, -0.25) is 10.1 Å². The molecule has 0 spiro atoms. The summed E-state index contributed by atoms with van der Waals surface area (Å²) in [6, 6.07) is 3.75. The zero-order valence-corrected chi connectivity index (χ0v) is 21.8. The minimum absolute atomic E-state index is 0.0830. The van der Waals surface area contributed by atoms with Crippen LogP contribution in [-0.2, 0) is 21.6 Å². The van der Waals surface area contributed by atoms with Gasteiger partial charge in [0.2, 0.25) is 5.91 Å². The maximum atomic E-state index is 13.5. The topological polar surface area (TPSA) is 123 Å². The summed E-state index contributed by atoms with van der Waals surface area (Å²) in [5, 5.41) is 13.7. The van der Waals surface area contributed by atoms with Crippen molar-refractivity contribution in [3.63, 3.8) is 0 Å². The number of nitrogens with zero attached hydrogens (tertiary/aromatic N) is 3. The number of hydrogen-bond donors (Lipinski definition) is 2. The summed E-state index contributed by atoms with van der Waals surface area (Å²) in [6.07, 6.45) is -1.17. The van der Waals surface area contributed by atoms with E-state index in [2.05, 4.69) is 10.4 Å². The maximum absolute atomic E-state index is 13.5. The highest BCUT2D eigenvalue weighted by Crippen LogP contribution is 3.02. The van der Waals surface area contributed by atoms with Crippen molar-refractivity contribution in [1.29, 1.82) is 5.26 Å². The second kappa shape index (κ2) is 8.91. The number of aromatic nitrogens is 2. The van der Waals surface area contributed by atoms with E-state index in [4.69, 9.17) is 33.7 Å². The Hall–Kier alpha value is -3.68. The number of nitrogens with one attached hydrogen (secondary N) is 1. The Kier molecular flexibility index (Phi) is 6.53. The van der Waals surface area contributed by atoms with Crippen LogP contribution < -0.4 is 11.1 Å². The molecule has 1 aromatic heterocycles. The summed E-state index contributed by atoms with van der Waals surface area (Å²) in [5.74, 6) is -3.42. The molecule has 0 aliphatic heterocycles. The number of nitrogens with two attached hydrogens (primary N) is 1. The molecule has 1 aliphatic rings. The van der Waals surface area contributed by atoms with E-state index < -0.39 is 78.0 Å². The monoisotopic (exact) mass is 631 g/mol. The van der Waals surface area contributed by atoms with Crippen molar-refractivity contribution in [2.75, 3.05) is 5.32 Å². The van der Waals surface area contributed by atoms with E-state index >= 15 is 0 Å². The molecule has 40 heavy (non-hydrogen) atoms. The summed E-state index contributed by atoms with van der Waals surface area (Å²) in [5.41, 5.74) is 2.40. The fourth-order valence-corrected chi connectivity index (χ4v) is 5.37. The van der Waals surface area contributed by atoms with Crippen molar-refractivity contribution >= 4 is 51.2 Å². The molecule has 1 saturated carbocycles. The van der Waals surface area contributed by atoms with Crippen LogP contribution >= 0.6 is 33.4 Å². The Bertz CT molecular complexity index is 1590. The fourth-order valence-electron chi connectivity index (χ4n) is 3.91. The van der Waals surface area contributed by atoms with Crippen LogP contribution in [0.4, 0.5) is 38.8 Å². The molecular formula is C22H14Cl2F7N5O3S. The Morgan fingerprint density at radius 3 is 2.08 bits per heavy atom. The lowest BCUT2D eigenvalue weighted by atomic mass is 9.94. The normalized spacial score (nSPS) is 15.9. The Morgan fingerprint density at radius 1 is 1.07 bits per heavy atom. The highest BCUT2D eigenvalue weighted by Gasteiger charge is 2.65. The van der Waals surface area contributed by atoms with Crippen molar-refractivity contribution in [3.8, 4) is 11.8 Å². The average molecular weight is 632 g/mol. The van der Waals surface area contributed by atoms with Crippen molar-refractivity contribution in [2.45, 2.75) is 29.8 Å². The average Bonchev–Trinajstić information content (AvgIpc) is 3.53. The molecule has 8 nitrogen and oxygen atoms in total. The predicted molar refractivity (Wildman–Crippen MR) is 130 cm³/mol. The number of carbonyl (C=O) groups excluding carboxylic acids is 2. The second-order valence-electron chi connectivity index (χ2n) is 8.73. The summed E-state index contributed by atoms with van der Waals surface area (Å²) in [4.78, 5) is 22.5. The molecule has 0 atom stereocenters. The minimum atomic E-state index is -10.2. The van der Waals surface area contributed by atoms with Gasteiger partial charge in [0.05, 0.1) is 15.5 Å². The molecule has 3 aromatic rings. The van der Waals surface area contributed by atoms with E-state index in [0.29, 0.717) is 10.7 Å². The van der Waals surface area contributed by atoms with Gasteiger partial charge in [-0.2, -0.15) is 10.4 Å². The molecule has 0 radical (unpaired) electrons. The highest BCUT2D eigenvalue weighted by molar-refractivity contribution is 8.45. The largest absolute Gasteiger partial charge is 0.444 e. The predicted octanol–water partition coefficient (Wildman–Crippen LogP) is 7.25. The maximum Gasteiger partial charge on any atom is 0.413 e. The number of anilines is 1. The van der Waals surface area contributed by atoms with Gasteiger partial charge in [0, 0.05) is 11.6 Å². The number of hydrogen-bond acceptors (Lipinski definition) is 5. The SMILES string of the molecule is N#Cc1nn(-c2c(Cl)cc(S(F)(F)(F)(F)F)cc2Cl)c(NC(=O)OCc2cc(F)cc(F)c2)c1C1(C(N)=O)CC1. The molecule has 1 aliphatic carbocycles. The van der Waals surface area contributed by atoms with Crippen LogP contribution in [0.3, 0.4) is 0 Å². The van der Waals surface area contributed by atoms with Gasteiger partial charge in [0.1, 0.15) is 40.7 Å². The number of amides is 2. The Morgan fingerprint density at radius 2 is 1.62 bits per heavy atom. The number of primary amides is 1. The van der Waals surface area contributed by atoms with E-state index in [-0.39, 0.29) is 36.1 Å². The van der Waals surface area contributed by atoms with Gasteiger partial charge >= 0.3 is 16.3 Å². The third-order valence-electron chi connectivity index (χ3n) is 5.85. The van der Waals surface area contributed by atoms with Gasteiger partial charge in [-0.05, 0) is 42.7 Å². The number of carbonyl (C=O) groups is 2. The molecule has 3 N–H and O–H groups in total. The summed E-state index contributed by atoms with van der Waals surface area (Å²) < 4.78 is 99.4. The van der Waals surface area contributed by atoms with Gasteiger partial charge in [-0.15, -0.1) is 0 Å². The van der Waals surface area contributed by atoms with Gasteiger partial charge in [0.15, 0.2) is 5.69 Å². The van der Waals surface area contributed by atoms with Gasteiger partial charge < -0.3 is 10.5 Å². The number of nitriles is 1. The zero-order chi connectivity index (χ0) is 29.9. The number of rotatable bonds is 7. The third kappa shape index (κ3) is 5.62. The summed E-state index contributed by atoms with van der Waals surface area (Å²) >= 11 is 11.9. The first kappa shape index (κ1) is 29.3. The van der Waals surface area contributed by atoms with Crippen LogP contribution in [0.1, 0.15) is 29.7 Å². The molecule has 0 saturated heterocycles. The number of benzene rings is 2. The Labute approximate surface area is 230 Å². The van der Waals surface area contributed by atoms with Crippen LogP contribution in [0.15, 0.2) is 35.2 Å². The molecule has 0 bridgehead atoms.